The van der Waals surface area contributed by atoms with Crippen LogP contribution in [0.2, 0.25) is 0 Å². The summed E-state index contributed by atoms with van der Waals surface area (Å²) in [5.74, 6) is 0.617. The Kier molecular flexibility index (Phi) is 5.24. The van der Waals surface area contributed by atoms with Gasteiger partial charge in [-0.3, -0.25) is 4.79 Å². The lowest BCUT2D eigenvalue weighted by atomic mass is 10.2. The van der Waals surface area contributed by atoms with Crippen LogP contribution in [0.3, 0.4) is 0 Å². The maximum atomic E-state index is 12.6. The van der Waals surface area contributed by atoms with Gasteiger partial charge in [0.25, 0.3) is 0 Å². The smallest absolute Gasteiger partial charge is 0.174 e. The number of aryl methyl sites for hydroxylation is 2. The maximum Gasteiger partial charge on any atom is 0.174 e. The Morgan fingerprint density at radius 3 is 2.96 bits per heavy atom. The van der Waals surface area contributed by atoms with Gasteiger partial charge in [-0.2, -0.15) is 0 Å². The standard InChI is InChI=1S/C17H22N2O2S2/c1-11-9-22-17(18-11)23-10-16(20)15-7-12(2)19(13(15)3)8-14-5-4-6-21-14/h7,9,14H,4-6,8,10H2,1-3H3/t14-/m0/s1. The van der Waals surface area contributed by atoms with Crippen molar-refractivity contribution in [2.24, 2.45) is 0 Å². The normalized spacial score (nSPS) is 17.8. The fraction of sp³-hybridized carbons (Fsp3) is 0.529. The Morgan fingerprint density at radius 1 is 1.48 bits per heavy atom. The average molecular weight is 351 g/mol. The van der Waals surface area contributed by atoms with E-state index in [9.17, 15) is 4.79 Å². The van der Waals surface area contributed by atoms with E-state index in [0.29, 0.717) is 5.75 Å². The third kappa shape index (κ3) is 3.87. The van der Waals surface area contributed by atoms with Crippen molar-refractivity contribution < 1.29 is 9.53 Å². The molecule has 124 valence electrons. The van der Waals surface area contributed by atoms with Crippen LogP contribution < -0.4 is 0 Å². The number of hydrogen-bond acceptors (Lipinski definition) is 5. The van der Waals surface area contributed by atoms with E-state index in [4.69, 9.17) is 4.74 Å². The van der Waals surface area contributed by atoms with Gasteiger partial charge < -0.3 is 9.30 Å². The van der Waals surface area contributed by atoms with Gasteiger partial charge in [0.2, 0.25) is 0 Å². The van der Waals surface area contributed by atoms with Crippen molar-refractivity contribution in [1.82, 2.24) is 9.55 Å². The van der Waals surface area contributed by atoms with Crippen LogP contribution >= 0.6 is 23.1 Å². The Balaban J connectivity index is 1.68. The summed E-state index contributed by atoms with van der Waals surface area (Å²) in [4.78, 5) is 17.0. The number of hydrogen-bond donors (Lipinski definition) is 0. The number of thiazole rings is 1. The number of carbonyl (C=O) groups is 1. The Labute approximate surface area is 145 Å². The highest BCUT2D eigenvalue weighted by molar-refractivity contribution is 8.01. The van der Waals surface area contributed by atoms with Gasteiger partial charge in [-0.1, -0.05) is 11.8 Å². The molecular weight excluding hydrogens is 328 g/mol. The highest BCUT2D eigenvalue weighted by atomic mass is 32.2. The lowest BCUT2D eigenvalue weighted by molar-refractivity contribution is 0.0957. The number of Topliss-reactive ketones (excluding diaryl/α,β-unsaturated/α-hetero) is 1. The second kappa shape index (κ2) is 7.20. The predicted molar refractivity (Wildman–Crippen MR) is 94.8 cm³/mol. The highest BCUT2D eigenvalue weighted by Gasteiger charge is 2.21. The zero-order chi connectivity index (χ0) is 16.4. The second-order valence-corrected chi connectivity index (χ2v) is 8.08. The molecule has 1 fully saturated rings. The van der Waals surface area contributed by atoms with E-state index in [2.05, 4.69) is 16.5 Å². The van der Waals surface area contributed by atoms with E-state index < -0.39 is 0 Å². The first kappa shape index (κ1) is 16.7. The zero-order valence-electron chi connectivity index (χ0n) is 13.8. The molecule has 1 aliphatic rings. The number of ketones is 1. The monoisotopic (exact) mass is 350 g/mol. The summed E-state index contributed by atoms with van der Waals surface area (Å²) in [5.41, 5.74) is 4.04. The van der Waals surface area contributed by atoms with Gasteiger partial charge in [-0.05, 0) is 39.7 Å². The van der Waals surface area contributed by atoms with Crippen LogP contribution in [-0.4, -0.2) is 33.8 Å². The van der Waals surface area contributed by atoms with Crippen LogP contribution in [0.25, 0.3) is 0 Å². The fourth-order valence-electron chi connectivity index (χ4n) is 2.96. The van der Waals surface area contributed by atoms with Crippen LogP contribution in [-0.2, 0) is 11.3 Å². The van der Waals surface area contributed by atoms with E-state index in [1.807, 2.05) is 25.3 Å². The lowest BCUT2D eigenvalue weighted by Crippen LogP contribution is -2.17. The van der Waals surface area contributed by atoms with Gasteiger partial charge in [0, 0.05) is 41.2 Å². The summed E-state index contributed by atoms with van der Waals surface area (Å²) in [6, 6.07) is 2.01. The van der Waals surface area contributed by atoms with Gasteiger partial charge in [0.1, 0.15) is 0 Å². The van der Waals surface area contributed by atoms with Crippen molar-refractivity contribution in [3.05, 3.63) is 34.1 Å². The molecule has 0 spiro atoms. The van der Waals surface area contributed by atoms with Crippen molar-refractivity contribution >= 4 is 28.9 Å². The summed E-state index contributed by atoms with van der Waals surface area (Å²) >= 11 is 3.12. The van der Waals surface area contributed by atoms with Crippen molar-refractivity contribution in [3.8, 4) is 0 Å². The molecule has 0 saturated carbocycles. The molecule has 4 nitrogen and oxygen atoms in total. The second-order valence-electron chi connectivity index (χ2n) is 6.00. The van der Waals surface area contributed by atoms with E-state index >= 15 is 0 Å². The number of rotatable bonds is 6. The number of ether oxygens (including phenoxy) is 1. The molecule has 23 heavy (non-hydrogen) atoms. The summed E-state index contributed by atoms with van der Waals surface area (Å²) in [6.07, 6.45) is 2.54. The fourth-order valence-corrected chi connectivity index (χ4v) is 4.69. The van der Waals surface area contributed by atoms with Gasteiger partial charge in [-0.15, -0.1) is 11.3 Å². The minimum Gasteiger partial charge on any atom is -0.376 e. The van der Waals surface area contributed by atoms with E-state index in [1.54, 1.807) is 11.3 Å². The van der Waals surface area contributed by atoms with E-state index in [-0.39, 0.29) is 11.9 Å². The molecule has 2 aromatic rings. The molecular formula is C17H22N2O2S2. The topological polar surface area (TPSA) is 44.1 Å². The summed E-state index contributed by atoms with van der Waals surface area (Å²) < 4.78 is 8.91. The third-order valence-corrected chi connectivity index (χ3v) is 6.35. The third-order valence-electron chi connectivity index (χ3n) is 4.21. The molecule has 0 bridgehead atoms. The molecule has 0 amide bonds. The molecule has 6 heteroatoms. The molecule has 0 aliphatic carbocycles. The number of carbonyl (C=O) groups excluding carboxylic acids is 1. The van der Waals surface area contributed by atoms with E-state index in [0.717, 1.165) is 53.0 Å². The molecule has 0 radical (unpaired) electrons. The Bertz CT molecular complexity index is 700. The minimum atomic E-state index is 0.176. The zero-order valence-corrected chi connectivity index (χ0v) is 15.4. The van der Waals surface area contributed by atoms with Crippen molar-refractivity contribution in [1.29, 1.82) is 0 Å². The largest absolute Gasteiger partial charge is 0.376 e. The van der Waals surface area contributed by atoms with Crippen LogP contribution in [0.1, 0.15) is 40.3 Å². The van der Waals surface area contributed by atoms with Gasteiger partial charge in [0.05, 0.1) is 11.9 Å². The summed E-state index contributed by atoms with van der Waals surface area (Å²) in [6.45, 7) is 7.79. The highest BCUT2D eigenvalue weighted by Crippen LogP contribution is 2.25. The molecule has 1 saturated heterocycles. The first-order valence-corrected chi connectivity index (χ1v) is 9.77. The number of aromatic nitrogens is 2. The van der Waals surface area contributed by atoms with Crippen LogP contribution in [0.4, 0.5) is 0 Å². The molecule has 0 N–H and O–H groups in total. The number of thioether (sulfide) groups is 1. The van der Waals surface area contributed by atoms with E-state index in [1.165, 1.54) is 11.8 Å². The minimum absolute atomic E-state index is 0.176. The number of nitrogens with zero attached hydrogens (tertiary/aromatic N) is 2. The maximum absolute atomic E-state index is 12.6. The predicted octanol–water partition coefficient (Wildman–Crippen LogP) is 4.02. The van der Waals surface area contributed by atoms with Crippen molar-refractivity contribution in [2.75, 3.05) is 12.4 Å². The first-order valence-electron chi connectivity index (χ1n) is 7.91. The van der Waals surface area contributed by atoms with Crippen LogP contribution in [0, 0.1) is 20.8 Å². The molecule has 2 aromatic heterocycles. The SMILES string of the molecule is Cc1csc(SCC(=O)c2cc(C)n(C[C@@H]3CCCO3)c2C)n1. The van der Waals surface area contributed by atoms with Crippen LogP contribution in [0.15, 0.2) is 15.8 Å². The van der Waals surface area contributed by atoms with Gasteiger partial charge in [-0.25, -0.2) is 4.98 Å². The Morgan fingerprint density at radius 2 is 2.30 bits per heavy atom. The first-order chi connectivity index (χ1) is 11.0. The lowest BCUT2D eigenvalue weighted by Gasteiger charge is -2.14. The molecule has 0 unspecified atom stereocenters. The van der Waals surface area contributed by atoms with Gasteiger partial charge >= 0.3 is 0 Å². The molecule has 3 rings (SSSR count). The van der Waals surface area contributed by atoms with Crippen LogP contribution in [0.5, 0.6) is 0 Å². The molecule has 0 aromatic carbocycles. The van der Waals surface area contributed by atoms with Crippen molar-refractivity contribution in [2.45, 2.75) is 50.6 Å². The molecule has 1 atom stereocenters. The summed E-state index contributed by atoms with van der Waals surface area (Å²) in [7, 11) is 0. The average Bonchev–Trinajstić information content (AvgIpc) is 3.23. The van der Waals surface area contributed by atoms with Crippen molar-refractivity contribution in [3.63, 3.8) is 0 Å². The molecule has 3 heterocycles. The summed E-state index contributed by atoms with van der Waals surface area (Å²) in [5, 5.41) is 2.01. The molecule has 1 aliphatic heterocycles. The van der Waals surface area contributed by atoms with Gasteiger partial charge in [0.15, 0.2) is 10.1 Å². The Hall–Kier alpha value is -1.11. The quantitative estimate of drug-likeness (QED) is 0.583.